The van der Waals surface area contributed by atoms with Gasteiger partial charge in [-0.25, -0.2) is 8.78 Å². The number of aromatic nitrogens is 1. The van der Waals surface area contributed by atoms with Crippen molar-refractivity contribution in [3.63, 3.8) is 0 Å². The summed E-state index contributed by atoms with van der Waals surface area (Å²) in [7, 11) is 1.49. The van der Waals surface area contributed by atoms with Gasteiger partial charge in [-0.3, -0.25) is 9.78 Å². The van der Waals surface area contributed by atoms with Gasteiger partial charge in [-0.1, -0.05) is 0 Å². The van der Waals surface area contributed by atoms with Gasteiger partial charge in [0, 0.05) is 34.3 Å². The zero-order chi connectivity index (χ0) is 15.7. The first-order valence-corrected chi connectivity index (χ1v) is 6.51. The Bertz CT molecular complexity index is 878. The minimum atomic E-state index is -0.684. The first-order chi connectivity index (χ1) is 10.6. The van der Waals surface area contributed by atoms with Crippen molar-refractivity contribution >= 4 is 17.2 Å². The second kappa shape index (κ2) is 5.52. The van der Waals surface area contributed by atoms with Crippen molar-refractivity contribution in [2.45, 2.75) is 0 Å². The number of methoxy groups -OCH3 is 1. The Morgan fingerprint density at radius 1 is 1.09 bits per heavy atom. The van der Waals surface area contributed by atoms with E-state index < -0.39 is 11.6 Å². The third kappa shape index (κ3) is 2.41. The van der Waals surface area contributed by atoms with Crippen LogP contribution in [0.15, 0.2) is 42.6 Å². The van der Waals surface area contributed by atoms with Crippen LogP contribution in [0.4, 0.5) is 8.78 Å². The van der Waals surface area contributed by atoms with Crippen LogP contribution in [-0.2, 0) is 0 Å². The van der Waals surface area contributed by atoms with E-state index in [1.165, 1.54) is 25.4 Å². The van der Waals surface area contributed by atoms with Crippen molar-refractivity contribution in [1.29, 1.82) is 0 Å². The number of fused-ring (bicyclic) bond motifs is 1. The van der Waals surface area contributed by atoms with E-state index in [-0.39, 0.29) is 5.56 Å². The Morgan fingerprint density at radius 2 is 1.91 bits per heavy atom. The van der Waals surface area contributed by atoms with Crippen LogP contribution < -0.4 is 4.74 Å². The zero-order valence-electron chi connectivity index (χ0n) is 11.6. The fourth-order valence-electron chi connectivity index (χ4n) is 2.33. The highest BCUT2D eigenvalue weighted by atomic mass is 19.1. The van der Waals surface area contributed by atoms with E-state index in [1.54, 1.807) is 18.2 Å². The number of rotatable bonds is 3. The van der Waals surface area contributed by atoms with Gasteiger partial charge in [0.1, 0.15) is 17.4 Å². The Hall–Kier alpha value is -2.82. The molecule has 3 rings (SSSR count). The summed E-state index contributed by atoms with van der Waals surface area (Å²) >= 11 is 0. The van der Waals surface area contributed by atoms with E-state index in [4.69, 9.17) is 4.74 Å². The molecule has 0 aliphatic heterocycles. The summed E-state index contributed by atoms with van der Waals surface area (Å²) in [6, 6.07) is 8.34. The number of nitrogens with zero attached hydrogens (tertiary/aromatic N) is 1. The van der Waals surface area contributed by atoms with Gasteiger partial charge in [-0.05, 0) is 30.3 Å². The van der Waals surface area contributed by atoms with Gasteiger partial charge >= 0.3 is 0 Å². The van der Waals surface area contributed by atoms with Crippen molar-refractivity contribution in [2.24, 2.45) is 0 Å². The second-order valence-corrected chi connectivity index (χ2v) is 4.76. The molecule has 0 atom stereocenters. The third-order valence-corrected chi connectivity index (χ3v) is 3.37. The Balaban J connectivity index is 2.34. The quantitative estimate of drug-likeness (QED) is 0.686. The van der Waals surface area contributed by atoms with Gasteiger partial charge in [-0.15, -0.1) is 0 Å². The molecule has 3 aromatic rings. The van der Waals surface area contributed by atoms with Gasteiger partial charge in [0.05, 0.1) is 12.6 Å². The van der Waals surface area contributed by atoms with Crippen LogP contribution in [0.5, 0.6) is 5.75 Å². The Labute approximate surface area is 125 Å². The monoisotopic (exact) mass is 299 g/mol. The molecular formula is C17H11F2NO2. The lowest BCUT2D eigenvalue weighted by atomic mass is 10.00. The van der Waals surface area contributed by atoms with Gasteiger partial charge in [0.2, 0.25) is 0 Å². The molecule has 0 amide bonds. The summed E-state index contributed by atoms with van der Waals surface area (Å²) in [5.41, 5.74) is 1.61. The van der Waals surface area contributed by atoms with Crippen LogP contribution in [0.3, 0.4) is 0 Å². The van der Waals surface area contributed by atoms with Crippen LogP contribution in [0, 0.1) is 11.6 Å². The van der Waals surface area contributed by atoms with Crippen molar-refractivity contribution in [2.75, 3.05) is 7.11 Å². The van der Waals surface area contributed by atoms with Crippen LogP contribution in [0.1, 0.15) is 10.4 Å². The molecule has 0 fully saturated rings. The van der Waals surface area contributed by atoms with E-state index in [0.29, 0.717) is 34.1 Å². The van der Waals surface area contributed by atoms with Gasteiger partial charge in [-0.2, -0.15) is 0 Å². The minimum absolute atomic E-state index is 0.219. The smallest absolute Gasteiger partial charge is 0.151 e. The minimum Gasteiger partial charge on any atom is -0.497 e. The molecule has 0 unspecified atom stereocenters. The highest BCUT2D eigenvalue weighted by Gasteiger charge is 2.13. The largest absolute Gasteiger partial charge is 0.497 e. The van der Waals surface area contributed by atoms with Crippen molar-refractivity contribution in [3.05, 3.63) is 59.8 Å². The molecule has 0 spiro atoms. The number of benzene rings is 2. The Morgan fingerprint density at radius 3 is 2.59 bits per heavy atom. The predicted molar refractivity (Wildman–Crippen MR) is 79.0 cm³/mol. The molecule has 0 saturated heterocycles. The van der Waals surface area contributed by atoms with Gasteiger partial charge < -0.3 is 4.74 Å². The maximum Gasteiger partial charge on any atom is 0.151 e. The van der Waals surface area contributed by atoms with Crippen molar-refractivity contribution in [3.8, 4) is 16.9 Å². The molecule has 5 heteroatoms. The molecule has 1 aromatic heterocycles. The molecule has 110 valence electrons. The standard InChI is InChI=1S/C17H11F2NO2/c1-22-13-5-11-4-10(9-21)8-20-17(11)15(7-13)14-3-2-12(18)6-16(14)19/h2-9H,1H3. The summed E-state index contributed by atoms with van der Waals surface area (Å²) in [6.45, 7) is 0. The molecule has 0 bridgehead atoms. The summed E-state index contributed by atoms with van der Waals surface area (Å²) < 4.78 is 32.4. The van der Waals surface area contributed by atoms with E-state index in [9.17, 15) is 13.6 Å². The molecule has 0 aliphatic carbocycles. The zero-order valence-corrected chi connectivity index (χ0v) is 11.6. The highest BCUT2D eigenvalue weighted by Crippen LogP contribution is 2.33. The first-order valence-electron chi connectivity index (χ1n) is 6.51. The van der Waals surface area contributed by atoms with E-state index in [1.807, 2.05) is 0 Å². The molecule has 0 saturated carbocycles. The summed E-state index contributed by atoms with van der Waals surface area (Å²) in [6.07, 6.45) is 2.09. The average Bonchev–Trinajstić information content (AvgIpc) is 2.53. The normalized spacial score (nSPS) is 10.7. The van der Waals surface area contributed by atoms with Crippen LogP contribution in [-0.4, -0.2) is 18.4 Å². The van der Waals surface area contributed by atoms with Crippen molar-refractivity contribution in [1.82, 2.24) is 4.98 Å². The second-order valence-electron chi connectivity index (χ2n) is 4.76. The number of pyridine rings is 1. The Kier molecular flexibility index (Phi) is 3.55. The van der Waals surface area contributed by atoms with E-state index >= 15 is 0 Å². The number of aldehydes is 1. The first kappa shape index (κ1) is 14.1. The molecule has 0 aliphatic rings. The van der Waals surface area contributed by atoms with E-state index in [0.717, 1.165) is 6.07 Å². The maximum absolute atomic E-state index is 14.1. The number of ether oxygens (including phenoxy) is 1. The molecule has 2 aromatic carbocycles. The maximum atomic E-state index is 14.1. The van der Waals surface area contributed by atoms with Crippen LogP contribution >= 0.6 is 0 Å². The molecule has 0 N–H and O–H groups in total. The lowest BCUT2D eigenvalue weighted by Gasteiger charge is -2.10. The van der Waals surface area contributed by atoms with Gasteiger partial charge in [0.15, 0.2) is 6.29 Å². The average molecular weight is 299 g/mol. The van der Waals surface area contributed by atoms with Crippen LogP contribution in [0.25, 0.3) is 22.0 Å². The SMILES string of the molecule is COc1cc(-c2ccc(F)cc2F)c2ncc(C=O)cc2c1. The fourth-order valence-corrected chi connectivity index (χ4v) is 2.33. The van der Waals surface area contributed by atoms with Crippen LogP contribution in [0.2, 0.25) is 0 Å². The summed E-state index contributed by atoms with van der Waals surface area (Å²) in [5.74, 6) is -0.837. The highest BCUT2D eigenvalue weighted by molar-refractivity contribution is 5.97. The molecular weight excluding hydrogens is 288 g/mol. The van der Waals surface area contributed by atoms with E-state index in [2.05, 4.69) is 4.98 Å². The lowest BCUT2D eigenvalue weighted by Crippen LogP contribution is -1.93. The molecule has 3 nitrogen and oxygen atoms in total. The molecule has 1 heterocycles. The number of hydrogen-bond donors (Lipinski definition) is 0. The lowest BCUT2D eigenvalue weighted by molar-refractivity contribution is 0.112. The fraction of sp³-hybridized carbons (Fsp3) is 0.0588. The molecule has 22 heavy (non-hydrogen) atoms. The summed E-state index contributed by atoms with van der Waals surface area (Å²) in [4.78, 5) is 15.1. The number of carbonyl (C=O) groups excluding carboxylic acids is 1. The number of hydrogen-bond acceptors (Lipinski definition) is 3. The predicted octanol–water partition coefficient (Wildman–Crippen LogP) is 4.00. The number of carbonyl (C=O) groups is 1. The van der Waals surface area contributed by atoms with Crippen molar-refractivity contribution < 1.29 is 18.3 Å². The molecule has 0 radical (unpaired) electrons. The number of halogens is 2. The topological polar surface area (TPSA) is 39.2 Å². The van der Waals surface area contributed by atoms with Gasteiger partial charge in [0.25, 0.3) is 0 Å². The summed E-state index contributed by atoms with van der Waals surface area (Å²) in [5, 5.41) is 0.641. The third-order valence-electron chi connectivity index (χ3n) is 3.37.